The molecular weight excluding hydrogens is 206 g/mol. The Hall–Kier alpha value is -1.49. The summed E-state index contributed by atoms with van der Waals surface area (Å²) in [4.78, 5) is 20.8. The number of carboxylic acids is 1. The lowest BCUT2D eigenvalue weighted by Gasteiger charge is -2.30. The molecule has 1 aromatic heterocycles. The van der Waals surface area contributed by atoms with Crippen LogP contribution in [0.2, 0.25) is 0 Å². The number of aliphatic carboxylic acids is 1. The molecular formula is C11H17N3O2. The van der Waals surface area contributed by atoms with E-state index in [9.17, 15) is 4.79 Å². The first-order valence-electron chi connectivity index (χ1n) is 5.25. The van der Waals surface area contributed by atoms with E-state index in [1.54, 1.807) is 18.6 Å². The normalized spacial score (nSPS) is 13.1. The minimum Gasteiger partial charge on any atom is -0.480 e. The van der Waals surface area contributed by atoms with E-state index in [0.717, 1.165) is 5.69 Å². The van der Waals surface area contributed by atoms with Crippen LogP contribution in [0.3, 0.4) is 0 Å². The maximum absolute atomic E-state index is 10.8. The van der Waals surface area contributed by atoms with E-state index < -0.39 is 5.97 Å². The third-order valence-electron chi connectivity index (χ3n) is 2.49. The van der Waals surface area contributed by atoms with Crippen molar-refractivity contribution in [3.05, 3.63) is 24.3 Å². The molecule has 0 aliphatic rings. The quantitative estimate of drug-likeness (QED) is 0.815. The highest BCUT2D eigenvalue weighted by Gasteiger charge is 2.21. The van der Waals surface area contributed by atoms with Gasteiger partial charge in [0, 0.05) is 24.6 Å². The lowest BCUT2D eigenvalue weighted by molar-refractivity contribution is -0.139. The van der Waals surface area contributed by atoms with E-state index in [1.807, 2.05) is 25.7 Å². The number of hydrogen-bond acceptors (Lipinski definition) is 4. The molecule has 5 heteroatoms. The lowest BCUT2D eigenvalue weighted by atomic mass is 10.1. The summed E-state index contributed by atoms with van der Waals surface area (Å²) in [5.74, 6) is -0.829. The van der Waals surface area contributed by atoms with Crippen molar-refractivity contribution < 1.29 is 9.90 Å². The number of nitrogens with zero attached hydrogens (tertiary/aromatic N) is 3. The molecule has 0 spiro atoms. The van der Waals surface area contributed by atoms with E-state index in [-0.39, 0.29) is 18.6 Å². The van der Waals surface area contributed by atoms with Crippen LogP contribution in [0.1, 0.15) is 32.5 Å². The summed E-state index contributed by atoms with van der Waals surface area (Å²) in [5.41, 5.74) is 0.789. The number of aromatic nitrogens is 2. The maximum Gasteiger partial charge on any atom is 0.317 e. The van der Waals surface area contributed by atoms with Crippen molar-refractivity contribution >= 4 is 5.97 Å². The minimum atomic E-state index is -0.829. The van der Waals surface area contributed by atoms with Gasteiger partial charge in [-0.25, -0.2) is 0 Å². The Bertz CT molecular complexity index is 340. The van der Waals surface area contributed by atoms with Gasteiger partial charge in [0.05, 0.1) is 18.3 Å². The van der Waals surface area contributed by atoms with Crippen LogP contribution >= 0.6 is 0 Å². The number of carboxylic acid groups (broad SMARTS) is 1. The third-order valence-corrected chi connectivity index (χ3v) is 2.49. The Kier molecular flexibility index (Phi) is 4.37. The van der Waals surface area contributed by atoms with Gasteiger partial charge in [0.15, 0.2) is 0 Å². The molecule has 88 valence electrons. The molecule has 0 fully saturated rings. The topological polar surface area (TPSA) is 66.3 Å². The van der Waals surface area contributed by atoms with Gasteiger partial charge in [0.1, 0.15) is 0 Å². The average molecular weight is 223 g/mol. The highest BCUT2D eigenvalue weighted by molar-refractivity contribution is 5.69. The van der Waals surface area contributed by atoms with Crippen LogP contribution in [0.25, 0.3) is 0 Å². The van der Waals surface area contributed by atoms with Gasteiger partial charge in [-0.3, -0.25) is 19.7 Å². The van der Waals surface area contributed by atoms with E-state index in [2.05, 4.69) is 9.97 Å². The Labute approximate surface area is 95.1 Å². The van der Waals surface area contributed by atoms with E-state index in [4.69, 9.17) is 5.11 Å². The SMILES string of the molecule is CC(C)N(CC(=O)O)C(C)c1cnccn1. The molecule has 0 aliphatic carbocycles. The molecule has 1 heterocycles. The van der Waals surface area contributed by atoms with Gasteiger partial charge < -0.3 is 5.11 Å². The van der Waals surface area contributed by atoms with E-state index in [0.29, 0.717) is 0 Å². The van der Waals surface area contributed by atoms with Crippen LogP contribution < -0.4 is 0 Å². The maximum atomic E-state index is 10.8. The standard InChI is InChI=1S/C11H17N3O2/c1-8(2)14(7-11(15)16)9(3)10-6-12-4-5-13-10/h4-6,8-9H,7H2,1-3H3,(H,15,16). The predicted octanol–water partition coefficient (Wildman–Crippen LogP) is 1.33. The number of hydrogen-bond donors (Lipinski definition) is 1. The molecule has 0 aliphatic heterocycles. The first-order valence-corrected chi connectivity index (χ1v) is 5.25. The zero-order chi connectivity index (χ0) is 12.1. The second-order valence-corrected chi connectivity index (χ2v) is 3.97. The van der Waals surface area contributed by atoms with Crippen LogP contribution in [-0.4, -0.2) is 38.5 Å². The van der Waals surface area contributed by atoms with Crippen LogP contribution in [0.5, 0.6) is 0 Å². The molecule has 1 N–H and O–H groups in total. The Morgan fingerprint density at radius 3 is 2.56 bits per heavy atom. The molecule has 1 atom stereocenters. The van der Waals surface area contributed by atoms with E-state index >= 15 is 0 Å². The van der Waals surface area contributed by atoms with E-state index in [1.165, 1.54) is 0 Å². The smallest absolute Gasteiger partial charge is 0.317 e. The molecule has 5 nitrogen and oxygen atoms in total. The second kappa shape index (κ2) is 5.55. The van der Waals surface area contributed by atoms with Gasteiger partial charge in [0.2, 0.25) is 0 Å². The summed E-state index contributed by atoms with van der Waals surface area (Å²) in [6.45, 7) is 5.88. The molecule has 1 unspecified atom stereocenters. The molecule has 16 heavy (non-hydrogen) atoms. The van der Waals surface area contributed by atoms with Crippen LogP contribution in [0, 0.1) is 0 Å². The Morgan fingerprint density at radius 1 is 1.44 bits per heavy atom. The second-order valence-electron chi connectivity index (χ2n) is 3.97. The van der Waals surface area contributed by atoms with Crippen molar-refractivity contribution in [3.63, 3.8) is 0 Å². The van der Waals surface area contributed by atoms with Crippen molar-refractivity contribution in [3.8, 4) is 0 Å². The third kappa shape index (κ3) is 3.27. The fourth-order valence-corrected chi connectivity index (χ4v) is 1.62. The van der Waals surface area contributed by atoms with Gasteiger partial charge in [0.25, 0.3) is 0 Å². The van der Waals surface area contributed by atoms with Gasteiger partial charge >= 0.3 is 5.97 Å². The largest absolute Gasteiger partial charge is 0.480 e. The summed E-state index contributed by atoms with van der Waals surface area (Å²) in [6, 6.07) is 0.0953. The predicted molar refractivity (Wildman–Crippen MR) is 59.9 cm³/mol. The van der Waals surface area contributed by atoms with Crippen LogP contribution in [0.15, 0.2) is 18.6 Å². The molecule has 0 amide bonds. The molecule has 1 rings (SSSR count). The lowest BCUT2D eigenvalue weighted by Crippen LogP contribution is -2.38. The van der Waals surface area contributed by atoms with Crippen LogP contribution in [-0.2, 0) is 4.79 Å². The van der Waals surface area contributed by atoms with Crippen molar-refractivity contribution in [1.29, 1.82) is 0 Å². The number of carbonyl (C=O) groups is 1. The van der Waals surface area contributed by atoms with Crippen molar-refractivity contribution in [2.45, 2.75) is 32.9 Å². The fourth-order valence-electron chi connectivity index (χ4n) is 1.62. The van der Waals surface area contributed by atoms with Crippen molar-refractivity contribution in [2.24, 2.45) is 0 Å². The highest BCUT2D eigenvalue weighted by Crippen LogP contribution is 2.19. The van der Waals surface area contributed by atoms with Gasteiger partial charge in [-0.2, -0.15) is 0 Å². The monoisotopic (exact) mass is 223 g/mol. The van der Waals surface area contributed by atoms with Gasteiger partial charge in [-0.1, -0.05) is 0 Å². The van der Waals surface area contributed by atoms with Crippen LogP contribution in [0.4, 0.5) is 0 Å². The summed E-state index contributed by atoms with van der Waals surface area (Å²) >= 11 is 0. The Morgan fingerprint density at radius 2 is 2.12 bits per heavy atom. The summed E-state index contributed by atoms with van der Waals surface area (Å²) in [6.07, 6.45) is 4.89. The summed E-state index contributed by atoms with van der Waals surface area (Å²) < 4.78 is 0. The molecule has 0 aromatic carbocycles. The molecule has 0 saturated carbocycles. The fraction of sp³-hybridized carbons (Fsp3) is 0.545. The van der Waals surface area contributed by atoms with Gasteiger partial charge in [-0.15, -0.1) is 0 Å². The number of rotatable bonds is 5. The highest BCUT2D eigenvalue weighted by atomic mass is 16.4. The minimum absolute atomic E-state index is 0.00933. The zero-order valence-electron chi connectivity index (χ0n) is 9.79. The first-order chi connectivity index (χ1) is 7.52. The van der Waals surface area contributed by atoms with Gasteiger partial charge in [-0.05, 0) is 20.8 Å². The van der Waals surface area contributed by atoms with Crippen molar-refractivity contribution in [2.75, 3.05) is 6.54 Å². The molecule has 0 saturated heterocycles. The molecule has 0 bridgehead atoms. The van der Waals surface area contributed by atoms with Crippen molar-refractivity contribution in [1.82, 2.24) is 14.9 Å². The summed E-state index contributed by atoms with van der Waals surface area (Å²) in [7, 11) is 0. The molecule has 0 radical (unpaired) electrons. The zero-order valence-corrected chi connectivity index (χ0v) is 9.79. The molecule has 1 aromatic rings. The first kappa shape index (κ1) is 12.6. The Balaban J connectivity index is 2.83. The average Bonchev–Trinajstić information content (AvgIpc) is 2.25. The summed E-state index contributed by atoms with van der Waals surface area (Å²) in [5, 5.41) is 8.85.